The first-order valence-electron chi connectivity index (χ1n) is 17.9. The van der Waals surface area contributed by atoms with Gasteiger partial charge in [0.1, 0.15) is 25.0 Å². The number of esters is 1. The lowest BCUT2D eigenvalue weighted by molar-refractivity contribution is -0.385. The number of nitrogens with zero attached hydrogens (tertiary/aromatic N) is 6. The summed E-state index contributed by atoms with van der Waals surface area (Å²) < 4.78 is 11.3. The van der Waals surface area contributed by atoms with Gasteiger partial charge in [-0.1, -0.05) is 13.0 Å². The molecule has 3 aliphatic rings. The van der Waals surface area contributed by atoms with E-state index in [-0.39, 0.29) is 49.2 Å². The van der Waals surface area contributed by atoms with E-state index in [1.807, 2.05) is 13.0 Å². The maximum absolute atomic E-state index is 14.0. The largest absolute Gasteiger partial charge is 0.456 e. The molecule has 17 nitrogen and oxygen atoms in total. The van der Waals surface area contributed by atoms with Gasteiger partial charge in [0.2, 0.25) is 11.8 Å². The number of fused-ring (bicyclic) bond motifs is 1. The highest BCUT2D eigenvalue weighted by Crippen LogP contribution is 2.52. The average Bonchev–Trinajstić information content (AvgIpc) is 3.72. The molecule has 3 amide bonds. The number of aliphatic hydroxyl groups excluding tert-OH is 1. The number of benzene rings is 2. The second-order valence-electron chi connectivity index (χ2n) is 14.0. The van der Waals surface area contributed by atoms with Crippen molar-refractivity contribution in [2.75, 3.05) is 20.1 Å². The quantitative estimate of drug-likeness (QED) is 0.105. The summed E-state index contributed by atoms with van der Waals surface area (Å²) in [6, 6.07) is 13.3. The van der Waals surface area contributed by atoms with Gasteiger partial charge in [-0.3, -0.25) is 39.7 Å². The van der Waals surface area contributed by atoms with Gasteiger partial charge in [0, 0.05) is 72.9 Å². The zero-order chi connectivity index (χ0) is 40.3. The first kappa shape index (κ1) is 39.8. The van der Waals surface area contributed by atoms with Crippen LogP contribution in [0.25, 0.3) is 0 Å². The van der Waals surface area contributed by atoms with Crippen molar-refractivity contribution in [3.63, 3.8) is 0 Å². The van der Waals surface area contributed by atoms with Crippen molar-refractivity contribution in [3.8, 4) is 0 Å². The Bertz CT molecular complexity index is 2030. The summed E-state index contributed by atoms with van der Waals surface area (Å²) >= 11 is 1.27. The minimum Gasteiger partial charge on any atom is -0.456 e. The predicted octanol–water partition coefficient (Wildman–Crippen LogP) is 4.22. The van der Waals surface area contributed by atoms with Gasteiger partial charge in [-0.25, -0.2) is 9.59 Å². The number of aromatic nitrogens is 1. The number of nitro benzene ring substituents is 2. The van der Waals surface area contributed by atoms with Crippen LogP contribution in [-0.2, 0) is 43.5 Å². The van der Waals surface area contributed by atoms with E-state index in [9.17, 15) is 44.5 Å². The summed E-state index contributed by atoms with van der Waals surface area (Å²) in [6.07, 6.45) is 2.33. The zero-order valence-corrected chi connectivity index (χ0v) is 31.6. The molecule has 4 heterocycles. The summed E-state index contributed by atoms with van der Waals surface area (Å²) in [4.78, 5) is 84.8. The average molecular weight is 789 g/mol. The predicted molar refractivity (Wildman–Crippen MR) is 200 cm³/mol. The smallest absolute Gasteiger partial charge is 0.410 e. The number of carbonyl (C=O) groups excluding carboxylic acids is 4. The third-order valence-corrected chi connectivity index (χ3v) is 11.7. The molecule has 18 heteroatoms. The molecule has 2 aromatic carbocycles. The molecule has 2 fully saturated rings. The van der Waals surface area contributed by atoms with Crippen molar-refractivity contribution in [1.82, 2.24) is 19.7 Å². The first-order chi connectivity index (χ1) is 26.7. The number of carbonyl (C=O) groups is 4. The summed E-state index contributed by atoms with van der Waals surface area (Å²) in [6.45, 7) is 3.34. The molecule has 1 aromatic heterocycles. The fourth-order valence-corrected chi connectivity index (χ4v) is 8.77. The lowest BCUT2D eigenvalue weighted by Gasteiger charge is -2.46. The van der Waals surface area contributed by atoms with E-state index in [1.165, 1.54) is 81.9 Å². The van der Waals surface area contributed by atoms with E-state index in [4.69, 9.17) is 9.47 Å². The van der Waals surface area contributed by atoms with Crippen molar-refractivity contribution in [3.05, 3.63) is 121 Å². The molecule has 0 bridgehead atoms. The van der Waals surface area contributed by atoms with Crippen molar-refractivity contribution >= 4 is 47.0 Å². The van der Waals surface area contributed by atoms with Crippen molar-refractivity contribution in [1.29, 1.82) is 0 Å². The number of likely N-dealkylation sites (N-methyl/N-ethyl adjacent to an activating group) is 1. The molecule has 6 atom stereocenters. The Morgan fingerprint density at radius 2 is 1.59 bits per heavy atom. The van der Waals surface area contributed by atoms with E-state index < -0.39 is 63.1 Å². The van der Waals surface area contributed by atoms with Crippen molar-refractivity contribution in [2.24, 2.45) is 11.8 Å². The van der Waals surface area contributed by atoms with Crippen LogP contribution in [-0.4, -0.2) is 102 Å². The fraction of sp³-hybridized carbons (Fsp3) is 0.395. The minimum atomic E-state index is -0.982. The Kier molecular flexibility index (Phi) is 12.0. The number of rotatable bonds is 14. The van der Waals surface area contributed by atoms with Crippen molar-refractivity contribution < 1.29 is 43.6 Å². The third-order valence-electron chi connectivity index (χ3n) is 10.2. The molecule has 6 rings (SSSR count). The van der Waals surface area contributed by atoms with Crippen LogP contribution in [0.15, 0.2) is 83.7 Å². The van der Waals surface area contributed by atoms with Crippen LogP contribution in [0.2, 0.25) is 0 Å². The first-order valence-corrected chi connectivity index (χ1v) is 18.8. The van der Waals surface area contributed by atoms with Gasteiger partial charge >= 0.3 is 12.1 Å². The fourth-order valence-electron chi connectivity index (χ4n) is 7.25. The molecule has 3 aliphatic heterocycles. The monoisotopic (exact) mass is 788 g/mol. The van der Waals surface area contributed by atoms with E-state index in [0.717, 1.165) is 5.56 Å². The molecular formula is C38H40N6O11S. The van der Waals surface area contributed by atoms with Gasteiger partial charge < -0.3 is 24.4 Å². The van der Waals surface area contributed by atoms with Gasteiger partial charge in [0.25, 0.3) is 11.4 Å². The van der Waals surface area contributed by atoms with Crippen LogP contribution in [0.1, 0.15) is 37.0 Å². The Balaban J connectivity index is 1.23. The summed E-state index contributed by atoms with van der Waals surface area (Å²) in [5, 5.41) is 32.2. The number of amides is 3. The molecule has 2 saturated heterocycles. The molecule has 0 saturated carbocycles. The number of aliphatic hydroxyl groups is 1. The highest BCUT2D eigenvalue weighted by atomic mass is 32.2. The maximum Gasteiger partial charge on any atom is 0.410 e. The van der Waals surface area contributed by atoms with Crippen LogP contribution in [0, 0.1) is 32.1 Å². The van der Waals surface area contributed by atoms with Gasteiger partial charge in [-0.05, 0) is 66.8 Å². The highest BCUT2D eigenvalue weighted by Gasteiger charge is 2.60. The summed E-state index contributed by atoms with van der Waals surface area (Å²) in [5.74, 6) is -2.70. The minimum absolute atomic E-state index is 0.0203. The number of likely N-dealkylation sites (tertiary alicyclic amines) is 1. The summed E-state index contributed by atoms with van der Waals surface area (Å²) in [7, 11) is 1.65. The number of thioether (sulfide) groups is 1. The second kappa shape index (κ2) is 16.9. The molecular weight excluding hydrogens is 749 g/mol. The van der Waals surface area contributed by atoms with Crippen molar-refractivity contribution in [2.45, 2.75) is 63.3 Å². The number of nitro groups is 2. The van der Waals surface area contributed by atoms with Crippen LogP contribution in [0.5, 0.6) is 0 Å². The third kappa shape index (κ3) is 8.35. The number of β-lactam (4-membered cyclic amide) rings is 1. The van der Waals surface area contributed by atoms with Gasteiger partial charge in [-0.2, -0.15) is 0 Å². The zero-order valence-electron chi connectivity index (χ0n) is 30.8. The Hall–Kier alpha value is -5.88. The molecule has 3 aromatic rings. The second-order valence-corrected chi connectivity index (χ2v) is 15.3. The molecule has 1 N–H and O–H groups in total. The molecule has 0 spiro atoms. The van der Waals surface area contributed by atoms with E-state index in [0.29, 0.717) is 29.0 Å². The van der Waals surface area contributed by atoms with Gasteiger partial charge in [0.15, 0.2) is 0 Å². The van der Waals surface area contributed by atoms with E-state index in [2.05, 4.69) is 4.98 Å². The number of hydrogen-bond acceptors (Lipinski definition) is 13. The lowest BCUT2D eigenvalue weighted by atomic mass is 9.79. The molecule has 0 radical (unpaired) electrons. The topological polar surface area (TPSA) is 216 Å². The Labute approximate surface area is 325 Å². The number of hydrogen-bond donors (Lipinski definition) is 1. The van der Waals surface area contributed by atoms with E-state index in [1.54, 1.807) is 25.5 Å². The van der Waals surface area contributed by atoms with Gasteiger partial charge in [-0.15, -0.1) is 11.8 Å². The number of pyridine rings is 1. The van der Waals surface area contributed by atoms with E-state index >= 15 is 0 Å². The SMILES string of the molecule is CC(O)[C@H]1C(=O)N2C(C(=O)OCc3ccc([N+](=O)[O-])cc3)=C(S[C@H]3C[C@@H](C(=O)N(C)CCc4cccnc4)N(C(=O)OCc4ccc([N+](=O)[O-])cc4)C3)[C@H](C)[C@H]12. The normalized spacial score (nSPS) is 21.9. The molecule has 56 heavy (non-hydrogen) atoms. The molecule has 0 aliphatic carbocycles. The standard InChI is InChI=1S/C38H40N6O11S/c1-22-32-31(23(2)45)36(47)42(32)33(37(48)54-20-25-6-10-27(11-7-25)43(50)51)34(22)56-29-17-30(35(46)40(3)16-14-24-5-4-15-39-18-24)41(19-29)38(49)55-21-26-8-12-28(13-9-26)44(52)53/h4-13,15,18,22-23,29-32,45H,14,16-17,19-21H2,1-3H3/t22-,23?,29+,30+,31-,32-/m1/s1. The van der Waals surface area contributed by atoms with Gasteiger partial charge in [0.05, 0.1) is 27.9 Å². The van der Waals surface area contributed by atoms with Crippen LogP contribution in [0.3, 0.4) is 0 Å². The Morgan fingerprint density at radius 1 is 0.982 bits per heavy atom. The van der Waals surface area contributed by atoms with Crippen LogP contribution < -0.4 is 0 Å². The highest BCUT2D eigenvalue weighted by molar-refractivity contribution is 8.03. The summed E-state index contributed by atoms with van der Waals surface area (Å²) in [5.41, 5.74) is 1.71. The molecule has 1 unspecified atom stereocenters. The number of ether oxygens (including phenoxy) is 2. The molecule has 294 valence electrons. The van der Waals surface area contributed by atoms with Crippen LogP contribution in [0.4, 0.5) is 16.2 Å². The lowest BCUT2D eigenvalue weighted by Crippen LogP contribution is -2.63. The maximum atomic E-state index is 14.0. The van der Waals surface area contributed by atoms with Crippen LogP contribution >= 0.6 is 11.8 Å². The Morgan fingerprint density at radius 3 is 2.14 bits per heavy atom. The number of non-ortho nitro benzene ring substituents is 2.